The molecular formula is C33H33FN4O4. The SMILES string of the molecule is Cn1c(-c2ccc(F)cn2)c(C2CCCC2)c2ccc(C(=O)NC(C)(C)C(=O)Nc3ccc(/C=C/C(=O)O)cc3)cc21. The second-order valence-electron chi connectivity index (χ2n) is 11.2. The number of carbonyl (C=O) groups excluding carboxylic acids is 2. The maximum Gasteiger partial charge on any atom is 0.328 e. The number of nitrogens with zero attached hydrogens (tertiary/aromatic N) is 2. The Labute approximate surface area is 243 Å². The molecule has 1 aliphatic rings. The smallest absolute Gasteiger partial charge is 0.328 e. The number of hydrogen-bond donors (Lipinski definition) is 3. The van der Waals surface area contributed by atoms with Crippen LogP contribution in [0.25, 0.3) is 28.4 Å². The number of fused-ring (bicyclic) bond motifs is 1. The van der Waals surface area contributed by atoms with Gasteiger partial charge in [0.1, 0.15) is 11.4 Å². The van der Waals surface area contributed by atoms with Crippen LogP contribution in [0.2, 0.25) is 0 Å². The quantitative estimate of drug-likeness (QED) is 0.217. The van der Waals surface area contributed by atoms with E-state index in [9.17, 15) is 18.8 Å². The number of amides is 2. The maximum absolute atomic E-state index is 13.7. The fourth-order valence-electron chi connectivity index (χ4n) is 5.61. The van der Waals surface area contributed by atoms with Gasteiger partial charge in [0, 0.05) is 35.3 Å². The molecule has 2 aromatic heterocycles. The highest BCUT2D eigenvalue weighted by Gasteiger charge is 2.31. The topological polar surface area (TPSA) is 113 Å². The van der Waals surface area contributed by atoms with Gasteiger partial charge in [-0.1, -0.05) is 31.0 Å². The number of pyridine rings is 1. The minimum atomic E-state index is -1.24. The molecule has 4 aromatic rings. The van der Waals surface area contributed by atoms with Crippen LogP contribution in [0.5, 0.6) is 0 Å². The summed E-state index contributed by atoms with van der Waals surface area (Å²) in [4.78, 5) is 41.6. The first-order chi connectivity index (χ1) is 20.0. The number of anilines is 1. The molecule has 5 rings (SSSR count). The first-order valence-electron chi connectivity index (χ1n) is 13.9. The van der Waals surface area contributed by atoms with Gasteiger partial charge >= 0.3 is 5.97 Å². The van der Waals surface area contributed by atoms with Crippen molar-refractivity contribution >= 4 is 40.4 Å². The second kappa shape index (κ2) is 11.6. The van der Waals surface area contributed by atoms with Crippen molar-refractivity contribution in [1.29, 1.82) is 0 Å². The molecule has 0 bridgehead atoms. The number of carboxylic acids is 1. The lowest BCUT2D eigenvalue weighted by atomic mass is 9.93. The van der Waals surface area contributed by atoms with Gasteiger partial charge in [-0.3, -0.25) is 14.6 Å². The summed E-state index contributed by atoms with van der Waals surface area (Å²) < 4.78 is 15.7. The van der Waals surface area contributed by atoms with E-state index in [2.05, 4.69) is 15.6 Å². The maximum atomic E-state index is 13.7. The van der Waals surface area contributed by atoms with Crippen LogP contribution >= 0.6 is 0 Å². The van der Waals surface area contributed by atoms with E-state index in [-0.39, 0.29) is 0 Å². The van der Waals surface area contributed by atoms with Gasteiger partial charge in [0.15, 0.2) is 0 Å². The summed E-state index contributed by atoms with van der Waals surface area (Å²) in [6.45, 7) is 3.25. The number of nitrogens with one attached hydrogen (secondary N) is 2. The molecule has 0 unspecified atom stereocenters. The van der Waals surface area contributed by atoms with Gasteiger partial charge < -0.3 is 20.3 Å². The molecule has 0 atom stereocenters. The van der Waals surface area contributed by atoms with Gasteiger partial charge in [-0.2, -0.15) is 0 Å². The molecule has 1 aliphatic carbocycles. The minimum Gasteiger partial charge on any atom is -0.478 e. The predicted octanol–water partition coefficient (Wildman–Crippen LogP) is 6.28. The summed E-state index contributed by atoms with van der Waals surface area (Å²) in [5.41, 5.74) is 4.03. The third-order valence-corrected chi connectivity index (χ3v) is 7.82. The van der Waals surface area contributed by atoms with E-state index in [1.165, 1.54) is 23.9 Å². The lowest BCUT2D eigenvalue weighted by molar-refractivity contribution is -0.131. The molecule has 42 heavy (non-hydrogen) atoms. The fourth-order valence-corrected chi connectivity index (χ4v) is 5.61. The highest BCUT2D eigenvalue weighted by Crippen LogP contribution is 2.44. The number of carbonyl (C=O) groups is 3. The molecule has 216 valence electrons. The van der Waals surface area contributed by atoms with Crippen molar-refractivity contribution in [1.82, 2.24) is 14.9 Å². The third-order valence-electron chi connectivity index (χ3n) is 7.82. The van der Waals surface area contributed by atoms with E-state index in [0.717, 1.165) is 48.4 Å². The van der Waals surface area contributed by atoms with Crippen molar-refractivity contribution in [2.75, 3.05) is 5.32 Å². The van der Waals surface area contributed by atoms with Crippen LogP contribution in [0.1, 0.15) is 66.9 Å². The van der Waals surface area contributed by atoms with Crippen molar-refractivity contribution in [3.05, 3.63) is 89.4 Å². The monoisotopic (exact) mass is 568 g/mol. The van der Waals surface area contributed by atoms with Crippen molar-refractivity contribution in [2.45, 2.75) is 51.0 Å². The van der Waals surface area contributed by atoms with Crippen molar-refractivity contribution in [2.24, 2.45) is 7.05 Å². The highest BCUT2D eigenvalue weighted by atomic mass is 19.1. The molecule has 0 spiro atoms. The van der Waals surface area contributed by atoms with E-state index in [1.807, 2.05) is 23.7 Å². The lowest BCUT2D eigenvalue weighted by Gasteiger charge is -2.25. The molecule has 2 heterocycles. The highest BCUT2D eigenvalue weighted by molar-refractivity contribution is 6.05. The van der Waals surface area contributed by atoms with E-state index < -0.39 is 29.1 Å². The van der Waals surface area contributed by atoms with Gasteiger partial charge in [-0.25, -0.2) is 9.18 Å². The number of aliphatic carboxylic acids is 1. The van der Waals surface area contributed by atoms with E-state index in [4.69, 9.17) is 5.11 Å². The summed E-state index contributed by atoms with van der Waals surface area (Å²) in [7, 11) is 1.93. The van der Waals surface area contributed by atoms with Crippen LogP contribution in [0.3, 0.4) is 0 Å². The van der Waals surface area contributed by atoms with Crippen LogP contribution in [0.15, 0.2) is 66.9 Å². The number of aromatic nitrogens is 2. The molecule has 0 saturated heterocycles. The summed E-state index contributed by atoms with van der Waals surface area (Å²) in [6.07, 6.45) is 8.16. The van der Waals surface area contributed by atoms with Crippen LogP contribution < -0.4 is 10.6 Å². The van der Waals surface area contributed by atoms with Gasteiger partial charge in [-0.15, -0.1) is 0 Å². The van der Waals surface area contributed by atoms with Crippen LogP contribution in [0, 0.1) is 5.82 Å². The Morgan fingerprint density at radius 1 is 1.05 bits per heavy atom. The molecule has 0 aliphatic heterocycles. The summed E-state index contributed by atoms with van der Waals surface area (Å²) >= 11 is 0. The number of aryl methyl sites for hydroxylation is 1. The van der Waals surface area contributed by atoms with E-state index >= 15 is 0 Å². The van der Waals surface area contributed by atoms with E-state index in [1.54, 1.807) is 50.2 Å². The largest absolute Gasteiger partial charge is 0.478 e. The molecule has 2 aromatic carbocycles. The Hall–Kier alpha value is -4.79. The van der Waals surface area contributed by atoms with Crippen LogP contribution in [0.4, 0.5) is 10.1 Å². The van der Waals surface area contributed by atoms with Crippen molar-refractivity contribution in [3.63, 3.8) is 0 Å². The standard InChI is InChI=1S/C33H33FN4O4/c1-33(2,32(42)36-24-13-8-20(9-14-24)10-17-28(39)40)37-31(41)22-11-15-25-27(18-22)38(3)30(26-16-12-23(34)19-35-26)29(25)21-6-4-5-7-21/h8-19,21H,4-7H2,1-3H3,(H,36,42)(H,37,41)(H,39,40)/b17-10+. The summed E-state index contributed by atoms with van der Waals surface area (Å²) in [5, 5.41) is 15.5. The third kappa shape index (κ3) is 5.95. The molecule has 3 N–H and O–H groups in total. The molecule has 8 nitrogen and oxygen atoms in total. The Balaban J connectivity index is 1.38. The number of rotatable bonds is 8. The van der Waals surface area contributed by atoms with Crippen LogP contribution in [-0.4, -0.2) is 38.0 Å². The zero-order valence-corrected chi connectivity index (χ0v) is 23.8. The minimum absolute atomic E-state index is 0.361. The molecule has 1 saturated carbocycles. The number of halogens is 1. The molecule has 1 fully saturated rings. The first-order valence-corrected chi connectivity index (χ1v) is 13.9. The number of hydrogen-bond acceptors (Lipinski definition) is 4. The average Bonchev–Trinajstić information content (AvgIpc) is 3.59. The summed E-state index contributed by atoms with van der Waals surface area (Å²) in [6, 6.07) is 15.4. The van der Waals surface area contributed by atoms with Gasteiger partial charge in [0.25, 0.3) is 5.91 Å². The lowest BCUT2D eigenvalue weighted by Crippen LogP contribution is -2.52. The second-order valence-corrected chi connectivity index (χ2v) is 11.2. The summed E-state index contributed by atoms with van der Waals surface area (Å²) in [5.74, 6) is -1.87. The van der Waals surface area contributed by atoms with Crippen LogP contribution in [-0.2, 0) is 16.6 Å². The molecule has 0 radical (unpaired) electrons. The van der Waals surface area contributed by atoms with Crippen molar-refractivity contribution in [3.8, 4) is 11.4 Å². The Morgan fingerprint density at radius 2 is 1.76 bits per heavy atom. The first kappa shape index (κ1) is 28.7. The number of benzene rings is 2. The van der Waals surface area contributed by atoms with Gasteiger partial charge in [-0.05, 0) is 86.2 Å². The Bertz CT molecular complexity index is 1680. The predicted molar refractivity (Wildman–Crippen MR) is 161 cm³/mol. The zero-order chi connectivity index (χ0) is 30.0. The molecule has 9 heteroatoms. The normalized spacial score (nSPS) is 14.0. The zero-order valence-electron chi connectivity index (χ0n) is 23.8. The van der Waals surface area contributed by atoms with Gasteiger partial charge in [0.05, 0.1) is 17.6 Å². The number of carboxylic acid groups (broad SMARTS) is 1. The molecular weight excluding hydrogens is 535 g/mol. The molecule has 2 amide bonds. The Morgan fingerprint density at radius 3 is 2.40 bits per heavy atom. The Kier molecular flexibility index (Phi) is 7.93. The van der Waals surface area contributed by atoms with Crippen molar-refractivity contribution < 1.29 is 23.9 Å². The van der Waals surface area contributed by atoms with Gasteiger partial charge in [0.2, 0.25) is 5.91 Å². The average molecular weight is 569 g/mol. The van der Waals surface area contributed by atoms with E-state index in [0.29, 0.717) is 28.4 Å². The fraction of sp³-hybridized carbons (Fsp3) is 0.273.